The standard InChI is InChI=1S/C29H27FN2O6/c1-17(37-29(35)19-11-13-32(14-12-19)28(34)18-7-9-20(30)10-8-18)27(33)31-23-16-25-22(15-26(23)36-2)21-5-3-4-6-24(21)38-25/h3-10,15-17,19H,11-14H2,1-2H3,(H,31,33). The molecule has 1 aromatic heterocycles. The normalized spacial score (nSPS) is 14.9. The van der Waals surface area contributed by atoms with Gasteiger partial charge in [0.05, 0.1) is 18.7 Å². The Morgan fingerprint density at radius 3 is 2.42 bits per heavy atom. The highest BCUT2D eigenvalue weighted by Crippen LogP contribution is 2.36. The molecule has 2 amide bonds. The van der Waals surface area contributed by atoms with Crippen LogP contribution in [0.2, 0.25) is 0 Å². The molecule has 1 saturated heterocycles. The average Bonchev–Trinajstić information content (AvgIpc) is 3.30. The van der Waals surface area contributed by atoms with Crippen LogP contribution in [0.3, 0.4) is 0 Å². The van der Waals surface area contributed by atoms with Gasteiger partial charge in [-0.3, -0.25) is 14.4 Å². The molecule has 1 aliphatic heterocycles. The highest BCUT2D eigenvalue weighted by molar-refractivity contribution is 6.08. The third-order valence-corrected chi connectivity index (χ3v) is 6.83. The molecule has 1 atom stereocenters. The van der Waals surface area contributed by atoms with Crippen molar-refractivity contribution in [3.8, 4) is 5.75 Å². The Morgan fingerprint density at radius 1 is 1.00 bits per heavy atom. The Balaban J connectivity index is 1.19. The number of hydrogen-bond acceptors (Lipinski definition) is 6. The summed E-state index contributed by atoms with van der Waals surface area (Å²) in [5.74, 6) is -1.58. The molecule has 4 aromatic rings. The van der Waals surface area contributed by atoms with E-state index in [1.807, 2.05) is 24.3 Å². The SMILES string of the molecule is COc1cc2c(cc1NC(=O)C(C)OC(=O)C1CCN(C(=O)c3ccc(F)cc3)CC1)oc1ccccc12. The molecule has 0 aliphatic carbocycles. The number of nitrogens with zero attached hydrogens (tertiary/aromatic N) is 1. The number of benzene rings is 3. The van der Waals surface area contributed by atoms with Gasteiger partial charge in [-0.15, -0.1) is 0 Å². The van der Waals surface area contributed by atoms with Crippen LogP contribution in [0.5, 0.6) is 5.75 Å². The van der Waals surface area contributed by atoms with Crippen molar-refractivity contribution in [3.63, 3.8) is 0 Å². The summed E-state index contributed by atoms with van der Waals surface area (Å²) in [6.45, 7) is 2.24. The summed E-state index contributed by atoms with van der Waals surface area (Å²) in [5.41, 5.74) is 2.11. The second kappa shape index (κ2) is 10.5. The van der Waals surface area contributed by atoms with Crippen molar-refractivity contribution in [1.82, 2.24) is 4.90 Å². The number of rotatable bonds is 6. The fourth-order valence-corrected chi connectivity index (χ4v) is 4.67. The number of methoxy groups -OCH3 is 1. The number of esters is 1. The van der Waals surface area contributed by atoms with Crippen molar-refractivity contribution in [2.24, 2.45) is 5.92 Å². The van der Waals surface area contributed by atoms with Gasteiger partial charge in [-0.05, 0) is 56.2 Å². The van der Waals surface area contributed by atoms with E-state index in [0.29, 0.717) is 48.5 Å². The predicted molar refractivity (Wildman–Crippen MR) is 139 cm³/mol. The minimum absolute atomic E-state index is 0.208. The molecule has 3 aromatic carbocycles. The number of piperidine rings is 1. The molecule has 1 fully saturated rings. The van der Waals surface area contributed by atoms with E-state index in [1.165, 1.54) is 38.3 Å². The Labute approximate surface area is 218 Å². The molecular formula is C29H27FN2O6. The summed E-state index contributed by atoms with van der Waals surface area (Å²) in [4.78, 5) is 39.9. The molecule has 0 bridgehead atoms. The molecule has 0 spiro atoms. The van der Waals surface area contributed by atoms with Crippen molar-refractivity contribution in [2.75, 3.05) is 25.5 Å². The van der Waals surface area contributed by atoms with Crippen LogP contribution in [-0.2, 0) is 14.3 Å². The number of amides is 2. The van der Waals surface area contributed by atoms with Gasteiger partial charge < -0.3 is 24.1 Å². The molecule has 9 heteroatoms. The number of ether oxygens (including phenoxy) is 2. The van der Waals surface area contributed by atoms with Crippen molar-refractivity contribution in [3.05, 3.63) is 72.0 Å². The highest BCUT2D eigenvalue weighted by Gasteiger charge is 2.31. The van der Waals surface area contributed by atoms with Crippen LogP contribution in [0.4, 0.5) is 10.1 Å². The molecule has 0 saturated carbocycles. The minimum Gasteiger partial charge on any atom is -0.495 e. The van der Waals surface area contributed by atoms with Gasteiger partial charge in [0.1, 0.15) is 22.7 Å². The van der Waals surface area contributed by atoms with E-state index in [4.69, 9.17) is 13.9 Å². The van der Waals surface area contributed by atoms with Crippen LogP contribution in [0.1, 0.15) is 30.1 Å². The fraction of sp³-hybridized carbons (Fsp3) is 0.276. The molecule has 1 unspecified atom stereocenters. The summed E-state index contributed by atoms with van der Waals surface area (Å²) in [5, 5.41) is 4.57. The van der Waals surface area contributed by atoms with Crippen molar-refractivity contribution in [1.29, 1.82) is 0 Å². The molecule has 5 rings (SSSR count). The van der Waals surface area contributed by atoms with E-state index in [1.54, 1.807) is 17.0 Å². The summed E-state index contributed by atoms with van der Waals surface area (Å²) >= 11 is 0. The molecule has 1 N–H and O–H groups in total. The van der Waals surface area contributed by atoms with E-state index in [-0.39, 0.29) is 5.91 Å². The largest absolute Gasteiger partial charge is 0.495 e. The van der Waals surface area contributed by atoms with E-state index >= 15 is 0 Å². The van der Waals surface area contributed by atoms with Crippen LogP contribution in [0.15, 0.2) is 65.1 Å². The Bertz CT molecular complexity index is 1510. The van der Waals surface area contributed by atoms with Gasteiger partial charge in [0.2, 0.25) is 0 Å². The smallest absolute Gasteiger partial charge is 0.309 e. The number of anilines is 1. The topological polar surface area (TPSA) is 98.1 Å². The number of halogens is 1. The van der Waals surface area contributed by atoms with Gasteiger partial charge in [-0.25, -0.2) is 4.39 Å². The summed E-state index contributed by atoms with van der Waals surface area (Å²) < 4.78 is 30.0. The zero-order valence-corrected chi connectivity index (χ0v) is 21.0. The van der Waals surface area contributed by atoms with Gasteiger partial charge in [0, 0.05) is 35.5 Å². The number of para-hydroxylation sites is 1. The van der Waals surface area contributed by atoms with E-state index in [9.17, 15) is 18.8 Å². The lowest BCUT2D eigenvalue weighted by Gasteiger charge is -2.31. The first-order valence-corrected chi connectivity index (χ1v) is 12.4. The number of likely N-dealkylation sites (tertiary alicyclic amines) is 1. The molecule has 0 radical (unpaired) electrons. The van der Waals surface area contributed by atoms with E-state index in [2.05, 4.69) is 5.32 Å². The predicted octanol–water partition coefficient (Wildman–Crippen LogP) is 5.16. The first-order valence-electron chi connectivity index (χ1n) is 12.4. The number of fused-ring (bicyclic) bond motifs is 3. The Morgan fingerprint density at radius 2 is 1.71 bits per heavy atom. The number of hydrogen-bond donors (Lipinski definition) is 1. The van der Waals surface area contributed by atoms with E-state index < -0.39 is 29.7 Å². The van der Waals surface area contributed by atoms with Gasteiger partial charge in [0.25, 0.3) is 11.8 Å². The molecule has 38 heavy (non-hydrogen) atoms. The lowest BCUT2D eigenvalue weighted by atomic mass is 9.96. The monoisotopic (exact) mass is 518 g/mol. The summed E-state index contributed by atoms with van der Waals surface area (Å²) in [6.07, 6.45) is -0.217. The third-order valence-electron chi connectivity index (χ3n) is 6.83. The third kappa shape index (κ3) is 5.04. The molecule has 2 heterocycles. The maximum Gasteiger partial charge on any atom is 0.309 e. The minimum atomic E-state index is -1.04. The van der Waals surface area contributed by atoms with Gasteiger partial charge in [0.15, 0.2) is 6.10 Å². The number of furan rings is 1. The van der Waals surface area contributed by atoms with Crippen molar-refractivity contribution < 1.29 is 32.7 Å². The van der Waals surface area contributed by atoms with Crippen molar-refractivity contribution >= 4 is 45.4 Å². The Hall–Kier alpha value is -4.40. The quantitative estimate of drug-likeness (QED) is 0.354. The van der Waals surface area contributed by atoms with Gasteiger partial charge >= 0.3 is 5.97 Å². The second-order valence-corrected chi connectivity index (χ2v) is 9.29. The van der Waals surface area contributed by atoms with Crippen LogP contribution >= 0.6 is 0 Å². The lowest BCUT2D eigenvalue weighted by molar-refractivity contribution is -0.158. The highest BCUT2D eigenvalue weighted by atomic mass is 19.1. The van der Waals surface area contributed by atoms with Crippen LogP contribution in [-0.4, -0.2) is 49.0 Å². The van der Waals surface area contributed by atoms with Crippen LogP contribution in [0.25, 0.3) is 21.9 Å². The molecule has 1 aliphatic rings. The first kappa shape index (κ1) is 25.3. The first-order chi connectivity index (χ1) is 18.3. The molecule has 196 valence electrons. The fourth-order valence-electron chi connectivity index (χ4n) is 4.67. The summed E-state index contributed by atoms with van der Waals surface area (Å²) in [7, 11) is 1.51. The molecular weight excluding hydrogens is 491 g/mol. The maximum absolute atomic E-state index is 13.1. The van der Waals surface area contributed by atoms with Gasteiger partial charge in [-0.2, -0.15) is 0 Å². The number of carbonyl (C=O) groups is 3. The van der Waals surface area contributed by atoms with E-state index in [0.717, 1.165) is 16.4 Å². The maximum atomic E-state index is 13.1. The zero-order chi connectivity index (χ0) is 26.8. The van der Waals surface area contributed by atoms with Crippen LogP contribution < -0.4 is 10.1 Å². The lowest BCUT2D eigenvalue weighted by Crippen LogP contribution is -2.41. The Kier molecular flexibility index (Phi) is 7.00. The van der Waals surface area contributed by atoms with Crippen molar-refractivity contribution in [2.45, 2.75) is 25.9 Å². The molecule has 8 nitrogen and oxygen atoms in total. The zero-order valence-electron chi connectivity index (χ0n) is 21.0. The second-order valence-electron chi connectivity index (χ2n) is 9.29. The van der Waals surface area contributed by atoms with Gasteiger partial charge in [-0.1, -0.05) is 18.2 Å². The summed E-state index contributed by atoms with van der Waals surface area (Å²) in [6, 6.07) is 16.5. The number of nitrogens with one attached hydrogen (secondary N) is 1. The average molecular weight is 519 g/mol. The van der Waals surface area contributed by atoms with Crippen LogP contribution in [0, 0.1) is 11.7 Å². The number of carbonyl (C=O) groups excluding carboxylic acids is 3.